The summed E-state index contributed by atoms with van der Waals surface area (Å²) in [5.74, 6) is -0.842. The van der Waals surface area contributed by atoms with Crippen LogP contribution in [0, 0.1) is 23.2 Å². The van der Waals surface area contributed by atoms with Gasteiger partial charge in [-0.15, -0.1) is 0 Å². The van der Waals surface area contributed by atoms with Crippen LogP contribution in [0.4, 0.5) is 10.5 Å². The fourth-order valence-electron chi connectivity index (χ4n) is 11.0. The van der Waals surface area contributed by atoms with E-state index in [0.717, 1.165) is 59.3 Å². The Balaban J connectivity index is 0.919. The molecule has 2 unspecified atom stereocenters. The molecule has 4 aliphatic carbocycles. The Hall–Kier alpha value is -6.75. The number of hydrogen-bond donors (Lipinski definition) is 3. The molecule has 10 rings (SSSR count). The molecule has 3 N–H and O–H groups in total. The lowest BCUT2D eigenvalue weighted by Gasteiger charge is -2.57. The highest BCUT2D eigenvalue weighted by atomic mass is 16.5. The van der Waals surface area contributed by atoms with Crippen molar-refractivity contribution in [2.45, 2.75) is 76.7 Å². The van der Waals surface area contributed by atoms with Crippen LogP contribution in [0.1, 0.15) is 93.0 Å². The fourth-order valence-corrected chi connectivity index (χ4v) is 11.0. The number of ether oxygens (including phenoxy) is 2. The number of nitrogens with one attached hydrogen (secondary N) is 3. The van der Waals surface area contributed by atoms with Gasteiger partial charge in [-0.2, -0.15) is 0 Å². The molecular weight excluding hydrogens is 805 g/mol. The van der Waals surface area contributed by atoms with E-state index in [4.69, 9.17) is 9.47 Å². The van der Waals surface area contributed by atoms with Crippen LogP contribution < -0.4 is 16.0 Å². The molecule has 0 saturated heterocycles. The molecule has 2 atom stereocenters. The quantitative estimate of drug-likeness (QED) is 0.0950. The fraction of sp³-hybridized carbons (Fsp3) is 0.340. The monoisotopic (exact) mass is 858 g/mol. The molecule has 4 amide bonds. The molecule has 5 aromatic carbocycles. The van der Waals surface area contributed by atoms with E-state index in [0.29, 0.717) is 25.1 Å². The SMILES string of the molecule is O=C(OCc1ccccc1)c1cc(NC(=O)C(CNC(=O)C2Cc3ccccc3CN2C(=O)NCC23CC4CC(CC(C4)C2)C3)c2ccccc2)cc(C(=O)OCc2ccccc2)c1. The van der Waals surface area contributed by atoms with Crippen LogP contribution in [0.5, 0.6) is 0 Å². The van der Waals surface area contributed by atoms with Gasteiger partial charge < -0.3 is 30.3 Å². The molecule has 1 aliphatic heterocycles. The van der Waals surface area contributed by atoms with Crippen LogP contribution in [0.3, 0.4) is 0 Å². The molecule has 5 aromatic rings. The first kappa shape index (κ1) is 42.5. The first-order valence-electron chi connectivity index (χ1n) is 22.5. The molecule has 0 aromatic heterocycles. The number of anilines is 1. The summed E-state index contributed by atoms with van der Waals surface area (Å²) in [6.07, 6.45) is 7.79. The van der Waals surface area contributed by atoms with E-state index in [2.05, 4.69) is 16.0 Å². The molecule has 64 heavy (non-hydrogen) atoms. The molecule has 0 radical (unpaired) electrons. The predicted octanol–water partition coefficient (Wildman–Crippen LogP) is 8.59. The van der Waals surface area contributed by atoms with Crippen LogP contribution >= 0.6 is 0 Å². The number of fused-ring (bicyclic) bond motifs is 1. The van der Waals surface area contributed by atoms with Crippen LogP contribution in [-0.2, 0) is 45.2 Å². The van der Waals surface area contributed by atoms with Crippen molar-refractivity contribution >= 4 is 35.5 Å². The standard InChI is InChI=1S/C53H54N4O7/c58-48(56-45-24-43(50(60)63-32-35-12-4-1-5-13-35)23-44(25-45)51(61)64-33-36-14-6-2-7-15-36)46(40-16-8-3-9-17-40)30-54-49(59)47-26-41-18-10-11-19-42(41)31-57(47)52(62)55-34-53-27-37-20-38(28-53)22-39(21-37)29-53/h1-19,23-25,37-39,46-47H,20-22,26-34H2,(H,54,59)(H,55,62)(H,56,58). The maximum absolute atomic E-state index is 14.4. The van der Waals surface area contributed by atoms with Gasteiger partial charge in [-0.3, -0.25) is 9.59 Å². The molecule has 11 nitrogen and oxygen atoms in total. The van der Waals surface area contributed by atoms with E-state index < -0.39 is 29.8 Å². The Kier molecular flexibility index (Phi) is 12.6. The van der Waals surface area contributed by atoms with Crippen molar-refractivity contribution in [1.29, 1.82) is 0 Å². The van der Waals surface area contributed by atoms with Crippen LogP contribution in [0.2, 0.25) is 0 Å². The lowest BCUT2D eigenvalue weighted by Crippen LogP contribution is -2.58. The minimum atomic E-state index is -0.887. The van der Waals surface area contributed by atoms with Gasteiger partial charge in [-0.05, 0) is 108 Å². The Bertz CT molecular complexity index is 2390. The molecule has 4 fully saturated rings. The number of hydrogen-bond acceptors (Lipinski definition) is 7. The number of amides is 4. The number of benzene rings is 5. The van der Waals surface area contributed by atoms with Crippen molar-refractivity contribution in [1.82, 2.24) is 15.5 Å². The minimum absolute atomic E-state index is 0.00747. The highest BCUT2D eigenvalue weighted by Gasteiger charge is 2.51. The van der Waals surface area contributed by atoms with Crippen molar-refractivity contribution in [3.05, 3.63) is 172 Å². The zero-order chi connectivity index (χ0) is 44.0. The summed E-state index contributed by atoms with van der Waals surface area (Å²) in [6.45, 7) is 0.849. The molecular formula is C53H54N4O7. The summed E-state index contributed by atoms with van der Waals surface area (Å²) in [5, 5.41) is 9.25. The second kappa shape index (κ2) is 18.9. The van der Waals surface area contributed by atoms with E-state index >= 15 is 0 Å². The summed E-state index contributed by atoms with van der Waals surface area (Å²) in [7, 11) is 0. The third-order valence-electron chi connectivity index (χ3n) is 13.7. The first-order valence-corrected chi connectivity index (χ1v) is 22.5. The number of urea groups is 1. The third-order valence-corrected chi connectivity index (χ3v) is 13.7. The molecule has 5 aliphatic rings. The van der Waals surface area contributed by atoms with Crippen LogP contribution in [-0.4, -0.2) is 53.8 Å². The summed E-state index contributed by atoms with van der Waals surface area (Å²) in [4.78, 5) is 71.5. The van der Waals surface area contributed by atoms with Crippen molar-refractivity contribution < 1.29 is 33.4 Å². The van der Waals surface area contributed by atoms with Gasteiger partial charge in [-0.25, -0.2) is 14.4 Å². The number of rotatable bonds is 14. The van der Waals surface area contributed by atoms with Crippen molar-refractivity contribution in [3.63, 3.8) is 0 Å². The Morgan fingerprint density at radius 3 is 1.70 bits per heavy atom. The lowest BCUT2D eigenvalue weighted by atomic mass is 9.49. The van der Waals surface area contributed by atoms with Gasteiger partial charge in [0, 0.05) is 31.7 Å². The van der Waals surface area contributed by atoms with E-state index in [1.165, 1.54) is 37.5 Å². The number of esters is 2. The molecule has 0 spiro atoms. The Morgan fingerprint density at radius 1 is 0.625 bits per heavy atom. The lowest BCUT2D eigenvalue weighted by molar-refractivity contribution is -0.126. The van der Waals surface area contributed by atoms with Gasteiger partial charge in [0.2, 0.25) is 11.8 Å². The van der Waals surface area contributed by atoms with Gasteiger partial charge in [0.05, 0.1) is 17.0 Å². The van der Waals surface area contributed by atoms with Crippen LogP contribution in [0.25, 0.3) is 0 Å². The van der Waals surface area contributed by atoms with Gasteiger partial charge in [0.25, 0.3) is 0 Å². The third kappa shape index (κ3) is 9.89. The summed E-state index contributed by atoms with van der Waals surface area (Å²) >= 11 is 0. The molecule has 11 heteroatoms. The predicted molar refractivity (Wildman–Crippen MR) is 242 cm³/mol. The summed E-state index contributed by atoms with van der Waals surface area (Å²) < 4.78 is 11.2. The second-order valence-corrected chi connectivity index (χ2v) is 18.3. The Labute approximate surface area is 373 Å². The van der Waals surface area contributed by atoms with Crippen molar-refractivity contribution in [2.75, 3.05) is 18.4 Å². The van der Waals surface area contributed by atoms with Crippen molar-refractivity contribution in [3.8, 4) is 0 Å². The zero-order valence-electron chi connectivity index (χ0n) is 35.9. The maximum atomic E-state index is 14.4. The smallest absolute Gasteiger partial charge is 0.338 e. The summed E-state index contributed by atoms with van der Waals surface area (Å²) in [6, 6.07) is 38.7. The zero-order valence-corrected chi connectivity index (χ0v) is 35.9. The largest absolute Gasteiger partial charge is 0.457 e. The van der Waals surface area contributed by atoms with E-state index in [9.17, 15) is 24.0 Å². The minimum Gasteiger partial charge on any atom is -0.457 e. The average molecular weight is 859 g/mol. The number of carbonyl (C=O) groups is 5. The topological polar surface area (TPSA) is 143 Å². The normalized spacial score (nSPS) is 22.1. The molecule has 4 bridgehead atoms. The second-order valence-electron chi connectivity index (χ2n) is 18.3. The molecule has 328 valence electrons. The van der Waals surface area contributed by atoms with Gasteiger partial charge >= 0.3 is 18.0 Å². The van der Waals surface area contributed by atoms with E-state index in [-0.39, 0.29) is 53.9 Å². The van der Waals surface area contributed by atoms with Gasteiger partial charge in [0.15, 0.2) is 0 Å². The highest BCUT2D eigenvalue weighted by Crippen LogP contribution is 2.59. The first-order chi connectivity index (χ1) is 31.2. The van der Waals surface area contributed by atoms with Gasteiger partial charge in [-0.1, -0.05) is 115 Å². The van der Waals surface area contributed by atoms with E-state index in [1.54, 1.807) is 17.0 Å². The van der Waals surface area contributed by atoms with Crippen LogP contribution in [0.15, 0.2) is 133 Å². The molecule has 1 heterocycles. The number of carbonyl (C=O) groups excluding carboxylic acids is 5. The molecule has 4 saturated carbocycles. The number of nitrogens with zero attached hydrogens (tertiary/aromatic N) is 1. The van der Waals surface area contributed by atoms with Crippen molar-refractivity contribution in [2.24, 2.45) is 23.2 Å². The highest BCUT2D eigenvalue weighted by molar-refractivity contribution is 6.01. The maximum Gasteiger partial charge on any atom is 0.338 e. The Morgan fingerprint density at radius 2 is 1.14 bits per heavy atom. The summed E-state index contributed by atoms with van der Waals surface area (Å²) in [5.41, 5.74) is 4.62. The van der Waals surface area contributed by atoms with E-state index in [1.807, 2.05) is 103 Å². The average Bonchev–Trinajstić information content (AvgIpc) is 3.31. The van der Waals surface area contributed by atoms with Gasteiger partial charge in [0.1, 0.15) is 19.3 Å².